The van der Waals surface area contributed by atoms with Gasteiger partial charge in [-0.1, -0.05) is 20.8 Å². The first-order chi connectivity index (χ1) is 6.47. The van der Waals surface area contributed by atoms with Crippen LogP contribution in [-0.2, 0) is 5.41 Å². The summed E-state index contributed by atoms with van der Waals surface area (Å²) < 4.78 is 14.6. The predicted molar refractivity (Wildman–Crippen MR) is 53.9 cm³/mol. The molecule has 0 saturated carbocycles. The molecular formula is C11H13FN2. The number of aromatic nitrogens is 2. The van der Waals surface area contributed by atoms with E-state index >= 15 is 0 Å². The lowest BCUT2D eigenvalue weighted by Crippen LogP contribution is -2.11. The summed E-state index contributed by atoms with van der Waals surface area (Å²) >= 11 is 0. The Hall–Kier alpha value is -1.38. The second-order valence-electron chi connectivity index (χ2n) is 4.49. The highest BCUT2D eigenvalue weighted by Gasteiger charge is 2.17. The molecule has 0 unspecified atom stereocenters. The molecule has 2 rings (SSSR count). The maximum absolute atomic E-state index is 12.9. The maximum atomic E-state index is 12.9. The zero-order valence-corrected chi connectivity index (χ0v) is 8.58. The molecule has 2 nitrogen and oxygen atoms in total. The van der Waals surface area contributed by atoms with Crippen molar-refractivity contribution in [2.75, 3.05) is 0 Å². The summed E-state index contributed by atoms with van der Waals surface area (Å²) in [5.74, 6) is -0.240. The summed E-state index contributed by atoms with van der Waals surface area (Å²) in [5, 5.41) is 0. The van der Waals surface area contributed by atoms with Crippen molar-refractivity contribution < 1.29 is 4.39 Å². The highest BCUT2D eigenvalue weighted by atomic mass is 19.1. The average Bonchev–Trinajstić information content (AvgIpc) is 2.45. The molecule has 0 atom stereocenters. The summed E-state index contributed by atoms with van der Waals surface area (Å²) in [6, 6.07) is 3.11. The van der Waals surface area contributed by atoms with E-state index in [0.717, 1.165) is 11.3 Å². The van der Waals surface area contributed by atoms with Gasteiger partial charge in [0.15, 0.2) is 0 Å². The lowest BCUT2D eigenvalue weighted by molar-refractivity contribution is 0.573. The summed E-state index contributed by atoms with van der Waals surface area (Å²) in [7, 11) is 0. The third-order valence-electron chi connectivity index (χ3n) is 2.18. The highest BCUT2D eigenvalue weighted by Crippen LogP contribution is 2.21. The molecular weight excluding hydrogens is 179 g/mol. The Morgan fingerprint density at radius 1 is 1.21 bits per heavy atom. The molecule has 3 heteroatoms. The van der Waals surface area contributed by atoms with Crippen molar-refractivity contribution in [1.82, 2.24) is 9.38 Å². The first-order valence-corrected chi connectivity index (χ1v) is 4.61. The summed E-state index contributed by atoms with van der Waals surface area (Å²) in [5.41, 5.74) is 1.77. The van der Waals surface area contributed by atoms with Crippen molar-refractivity contribution in [1.29, 1.82) is 0 Å². The fourth-order valence-corrected chi connectivity index (χ4v) is 1.33. The summed E-state index contributed by atoms with van der Waals surface area (Å²) in [4.78, 5) is 4.42. The number of fused-ring (bicyclic) bond motifs is 1. The molecule has 0 aliphatic rings. The Balaban J connectivity index is 2.63. The second kappa shape index (κ2) is 2.80. The molecule has 2 heterocycles. The zero-order chi connectivity index (χ0) is 10.3. The van der Waals surface area contributed by atoms with Crippen LogP contribution in [0, 0.1) is 5.82 Å². The Kier molecular flexibility index (Phi) is 1.84. The fraction of sp³-hybridized carbons (Fsp3) is 0.364. The van der Waals surface area contributed by atoms with E-state index in [0.29, 0.717) is 0 Å². The lowest BCUT2D eigenvalue weighted by Gasteiger charge is -2.13. The van der Waals surface area contributed by atoms with Gasteiger partial charge in [0.2, 0.25) is 0 Å². The number of pyridine rings is 1. The van der Waals surface area contributed by atoms with Gasteiger partial charge in [-0.25, -0.2) is 9.37 Å². The molecule has 0 aliphatic heterocycles. The van der Waals surface area contributed by atoms with Crippen LogP contribution >= 0.6 is 0 Å². The maximum Gasteiger partial charge on any atom is 0.139 e. The van der Waals surface area contributed by atoms with E-state index in [-0.39, 0.29) is 11.2 Å². The first-order valence-electron chi connectivity index (χ1n) is 4.61. The van der Waals surface area contributed by atoms with Gasteiger partial charge in [-0.3, -0.25) is 0 Å². The predicted octanol–water partition coefficient (Wildman–Crippen LogP) is 2.77. The van der Waals surface area contributed by atoms with Crippen LogP contribution in [-0.4, -0.2) is 9.38 Å². The molecule has 14 heavy (non-hydrogen) atoms. The number of nitrogens with zero attached hydrogens (tertiary/aromatic N) is 2. The van der Waals surface area contributed by atoms with E-state index in [9.17, 15) is 4.39 Å². The van der Waals surface area contributed by atoms with Crippen LogP contribution in [0.2, 0.25) is 0 Å². The minimum Gasteiger partial charge on any atom is -0.304 e. The minimum atomic E-state index is -0.240. The van der Waals surface area contributed by atoms with Crippen LogP contribution in [0.1, 0.15) is 26.5 Å². The van der Waals surface area contributed by atoms with Crippen molar-refractivity contribution in [2.24, 2.45) is 0 Å². The Morgan fingerprint density at radius 2 is 1.93 bits per heavy atom. The smallest absolute Gasteiger partial charge is 0.139 e. The number of hydrogen-bond acceptors (Lipinski definition) is 1. The first kappa shape index (κ1) is 9.19. The van der Waals surface area contributed by atoms with Gasteiger partial charge in [-0.05, 0) is 12.1 Å². The van der Waals surface area contributed by atoms with Crippen molar-refractivity contribution >= 4 is 5.65 Å². The van der Waals surface area contributed by atoms with E-state index in [1.807, 2.05) is 6.20 Å². The van der Waals surface area contributed by atoms with Gasteiger partial charge in [0, 0.05) is 17.8 Å². The molecule has 0 N–H and O–H groups in total. The molecule has 0 spiro atoms. The molecule has 0 radical (unpaired) electrons. The van der Waals surface area contributed by atoms with Gasteiger partial charge < -0.3 is 4.40 Å². The van der Waals surface area contributed by atoms with Crippen molar-refractivity contribution in [3.8, 4) is 0 Å². The van der Waals surface area contributed by atoms with Crippen LogP contribution in [0.5, 0.6) is 0 Å². The van der Waals surface area contributed by atoms with Gasteiger partial charge >= 0.3 is 0 Å². The molecule has 0 saturated heterocycles. The lowest BCUT2D eigenvalue weighted by atomic mass is 9.93. The largest absolute Gasteiger partial charge is 0.304 e. The number of halogens is 1. The molecule has 0 bridgehead atoms. The van der Waals surface area contributed by atoms with Gasteiger partial charge in [-0.2, -0.15) is 0 Å². The van der Waals surface area contributed by atoms with Crippen LogP contribution in [0.15, 0.2) is 24.5 Å². The molecule has 0 aromatic carbocycles. The summed E-state index contributed by atoms with van der Waals surface area (Å²) in [6.45, 7) is 6.27. The fourth-order valence-electron chi connectivity index (χ4n) is 1.33. The second-order valence-corrected chi connectivity index (χ2v) is 4.49. The molecule has 2 aromatic heterocycles. The molecule has 2 aromatic rings. The summed E-state index contributed by atoms with van der Waals surface area (Å²) in [6.07, 6.45) is 3.32. The number of imidazole rings is 1. The SMILES string of the molecule is CC(C)(C)c1cn2cc(F)ccc2n1. The van der Waals surface area contributed by atoms with Gasteiger partial charge in [0.25, 0.3) is 0 Å². The minimum absolute atomic E-state index is 0.00248. The van der Waals surface area contributed by atoms with Gasteiger partial charge in [0.05, 0.1) is 5.69 Å². The van der Waals surface area contributed by atoms with E-state index in [1.165, 1.54) is 12.3 Å². The van der Waals surface area contributed by atoms with E-state index < -0.39 is 0 Å². The topological polar surface area (TPSA) is 17.3 Å². The average molecular weight is 192 g/mol. The van der Waals surface area contributed by atoms with Gasteiger partial charge in [0.1, 0.15) is 11.5 Å². The normalized spacial score (nSPS) is 12.3. The molecule has 0 amide bonds. The van der Waals surface area contributed by atoms with E-state index in [4.69, 9.17) is 0 Å². The van der Waals surface area contributed by atoms with Crippen LogP contribution < -0.4 is 0 Å². The number of rotatable bonds is 0. The zero-order valence-electron chi connectivity index (χ0n) is 8.58. The van der Waals surface area contributed by atoms with Crippen LogP contribution in [0.25, 0.3) is 5.65 Å². The van der Waals surface area contributed by atoms with Crippen molar-refractivity contribution in [3.05, 3.63) is 36.0 Å². The van der Waals surface area contributed by atoms with Crippen LogP contribution in [0.3, 0.4) is 0 Å². The van der Waals surface area contributed by atoms with E-state index in [1.54, 1.807) is 10.5 Å². The standard InChI is InChI=1S/C11H13FN2/c1-11(2,3)9-7-14-6-8(12)4-5-10(14)13-9/h4-7H,1-3H3. The third-order valence-corrected chi connectivity index (χ3v) is 2.18. The monoisotopic (exact) mass is 192 g/mol. The van der Waals surface area contributed by atoms with Crippen molar-refractivity contribution in [3.63, 3.8) is 0 Å². The van der Waals surface area contributed by atoms with Gasteiger partial charge in [-0.15, -0.1) is 0 Å². The third kappa shape index (κ3) is 1.50. The molecule has 74 valence electrons. The number of hydrogen-bond donors (Lipinski definition) is 0. The van der Waals surface area contributed by atoms with Crippen LogP contribution in [0.4, 0.5) is 4.39 Å². The Labute approximate surface area is 82.4 Å². The van der Waals surface area contributed by atoms with E-state index in [2.05, 4.69) is 25.8 Å². The molecule has 0 fully saturated rings. The quantitative estimate of drug-likeness (QED) is 0.627. The van der Waals surface area contributed by atoms with Crippen molar-refractivity contribution in [2.45, 2.75) is 26.2 Å². The Bertz CT molecular complexity index is 466. The highest BCUT2D eigenvalue weighted by molar-refractivity contribution is 5.40. The molecule has 0 aliphatic carbocycles. The Morgan fingerprint density at radius 3 is 2.57 bits per heavy atom.